The number of aliphatic carboxylic acids is 1. The lowest BCUT2D eigenvalue weighted by Crippen LogP contribution is -2.44. The summed E-state index contributed by atoms with van der Waals surface area (Å²) in [7, 11) is 3.46. The Balaban J connectivity index is 4.25. The van der Waals surface area contributed by atoms with Crippen LogP contribution in [0.3, 0.4) is 0 Å². The van der Waals surface area contributed by atoms with Gasteiger partial charge in [-0.25, -0.2) is 0 Å². The van der Waals surface area contributed by atoms with Crippen molar-refractivity contribution in [2.24, 2.45) is 5.41 Å². The van der Waals surface area contributed by atoms with Crippen molar-refractivity contribution in [3.8, 4) is 0 Å². The number of hydrogen-bond acceptors (Lipinski definition) is 3. The van der Waals surface area contributed by atoms with E-state index in [1.54, 1.807) is 7.05 Å². The summed E-state index contributed by atoms with van der Waals surface area (Å²) in [4.78, 5) is 24.0. The summed E-state index contributed by atoms with van der Waals surface area (Å²) in [5.74, 6) is -1.45. The van der Waals surface area contributed by atoms with Crippen LogP contribution in [0.15, 0.2) is 0 Å². The minimum Gasteiger partial charge on any atom is -0.480 e. The van der Waals surface area contributed by atoms with E-state index in [9.17, 15) is 9.59 Å². The van der Waals surface area contributed by atoms with Crippen LogP contribution in [0.4, 0.5) is 0 Å². The summed E-state index contributed by atoms with van der Waals surface area (Å²) in [6.45, 7) is 4.22. The Bertz CT molecular complexity index is 239. The maximum atomic E-state index is 11.7. The predicted octanol–water partition coefficient (Wildman–Crippen LogP) is 0.165. The molecule has 0 aliphatic heterocycles. The number of carboxylic acid groups (broad SMARTS) is 1. The molecule has 0 saturated heterocycles. The van der Waals surface area contributed by atoms with Crippen LogP contribution >= 0.6 is 0 Å². The second-order valence-electron chi connectivity index (χ2n) is 4.11. The zero-order valence-electron chi connectivity index (χ0n) is 9.83. The minimum absolute atomic E-state index is 0.355. The third-order valence-corrected chi connectivity index (χ3v) is 2.34. The molecule has 0 heterocycles. The Labute approximate surface area is 90.5 Å². The van der Waals surface area contributed by atoms with E-state index in [2.05, 4.69) is 5.32 Å². The molecule has 0 fully saturated rings. The fraction of sp³-hybridized carbons (Fsp3) is 0.800. The van der Waals surface area contributed by atoms with Gasteiger partial charge in [-0.1, -0.05) is 0 Å². The van der Waals surface area contributed by atoms with Gasteiger partial charge in [-0.2, -0.15) is 0 Å². The van der Waals surface area contributed by atoms with E-state index in [0.29, 0.717) is 6.54 Å². The molecule has 0 atom stereocenters. The number of rotatable bonds is 6. The summed E-state index contributed by atoms with van der Waals surface area (Å²) in [6, 6.07) is 0. The molecule has 0 aliphatic rings. The fourth-order valence-corrected chi connectivity index (χ4v) is 1.16. The molecule has 1 amide bonds. The molecular formula is C10H20N2O3. The molecule has 0 bridgehead atoms. The first-order chi connectivity index (χ1) is 6.84. The zero-order valence-corrected chi connectivity index (χ0v) is 9.83. The summed E-state index contributed by atoms with van der Waals surface area (Å²) >= 11 is 0. The maximum absolute atomic E-state index is 11.7. The van der Waals surface area contributed by atoms with E-state index >= 15 is 0 Å². The standard InChI is InChI=1S/C10H20N2O3/c1-10(2,9(14)15)8(13)12(4)7-5-6-11-3/h11H,5-7H2,1-4H3,(H,14,15). The molecule has 0 rings (SSSR count). The molecule has 0 aromatic rings. The first-order valence-corrected chi connectivity index (χ1v) is 4.97. The molecule has 5 heteroatoms. The molecule has 0 saturated carbocycles. The number of nitrogens with one attached hydrogen (secondary N) is 1. The smallest absolute Gasteiger partial charge is 0.318 e. The van der Waals surface area contributed by atoms with Crippen LogP contribution in [0.2, 0.25) is 0 Å². The maximum Gasteiger partial charge on any atom is 0.318 e. The molecule has 0 unspecified atom stereocenters. The highest BCUT2D eigenvalue weighted by atomic mass is 16.4. The SMILES string of the molecule is CNCCCN(C)C(=O)C(C)(C)C(=O)O. The van der Waals surface area contributed by atoms with Gasteiger partial charge in [-0.15, -0.1) is 0 Å². The topological polar surface area (TPSA) is 69.6 Å². The van der Waals surface area contributed by atoms with Crippen LogP contribution in [0.5, 0.6) is 0 Å². The number of nitrogens with zero attached hydrogens (tertiary/aromatic N) is 1. The molecule has 5 nitrogen and oxygen atoms in total. The second-order valence-corrected chi connectivity index (χ2v) is 4.11. The first-order valence-electron chi connectivity index (χ1n) is 4.97. The van der Waals surface area contributed by atoms with Crippen LogP contribution in [-0.4, -0.2) is 49.1 Å². The Morgan fingerprint density at radius 1 is 1.40 bits per heavy atom. The Morgan fingerprint density at radius 2 is 1.93 bits per heavy atom. The van der Waals surface area contributed by atoms with E-state index in [4.69, 9.17) is 5.11 Å². The van der Waals surface area contributed by atoms with E-state index in [0.717, 1.165) is 13.0 Å². The lowest BCUT2D eigenvalue weighted by atomic mass is 9.92. The molecule has 0 aromatic heterocycles. The molecule has 2 N–H and O–H groups in total. The van der Waals surface area contributed by atoms with Gasteiger partial charge in [0.15, 0.2) is 0 Å². The number of carbonyl (C=O) groups excluding carboxylic acids is 1. The van der Waals surface area contributed by atoms with Crippen LogP contribution in [0.25, 0.3) is 0 Å². The van der Waals surface area contributed by atoms with Gasteiger partial charge in [-0.3, -0.25) is 9.59 Å². The van der Waals surface area contributed by atoms with Crippen molar-refractivity contribution < 1.29 is 14.7 Å². The van der Waals surface area contributed by atoms with Crippen LogP contribution < -0.4 is 5.32 Å². The summed E-state index contributed by atoms with van der Waals surface area (Å²) in [6.07, 6.45) is 0.814. The third kappa shape index (κ3) is 3.87. The van der Waals surface area contributed by atoms with E-state index in [1.807, 2.05) is 7.05 Å². The second kappa shape index (κ2) is 5.70. The molecular weight excluding hydrogens is 196 g/mol. The van der Waals surface area contributed by atoms with Crippen molar-refractivity contribution in [1.82, 2.24) is 10.2 Å². The highest BCUT2D eigenvalue weighted by molar-refractivity contribution is 6.00. The van der Waals surface area contributed by atoms with E-state index < -0.39 is 11.4 Å². The molecule has 0 aromatic carbocycles. The number of amides is 1. The quantitative estimate of drug-likeness (QED) is 0.490. The molecule has 0 aliphatic carbocycles. The Morgan fingerprint density at radius 3 is 2.33 bits per heavy atom. The van der Waals surface area contributed by atoms with Crippen LogP contribution in [-0.2, 0) is 9.59 Å². The van der Waals surface area contributed by atoms with Gasteiger partial charge in [0.1, 0.15) is 5.41 Å². The van der Waals surface area contributed by atoms with E-state index in [-0.39, 0.29) is 5.91 Å². The van der Waals surface area contributed by atoms with Gasteiger partial charge in [0.2, 0.25) is 5.91 Å². The molecule has 0 radical (unpaired) electrons. The molecule has 0 spiro atoms. The third-order valence-electron chi connectivity index (χ3n) is 2.34. The Kier molecular flexibility index (Phi) is 5.28. The van der Waals surface area contributed by atoms with Crippen molar-refractivity contribution in [3.05, 3.63) is 0 Å². The lowest BCUT2D eigenvalue weighted by Gasteiger charge is -2.25. The first kappa shape index (κ1) is 13.9. The minimum atomic E-state index is -1.34. The van der Waals surface area contributed by atoms with Crippen molar-refractivity contribution in [2.45, 2.75) is 20.3 Å². The van der Waals surface area contributed by atoms with E-state index in [1.165, 1.54) is 18.7 Å². The average Bonchev–Trinajstić information content (AvgIpc) is 2.16. The van der Waals surface area contributed by atoms with Crippen molar-refractivity contribution in [2.75, 3.05) is 27.2 Å². The molecule has 15 heavy (non-hydrogen) atoms. The monoisotopic (exact) mass is 216 g/mol. The average molecular weight is 216 g/mol. The van der Waals surface area contributed by atoms with Crippen LogP contribution in [0, 0.1) is 5.41 Å². The number of carboxylic acids is 1. The lowest BCUT2D eigenvalue weighted by molar-refractivity contribution is -0.157. The highest BCUT2D eigenvalue weighted by Crippen LogP contribution is 2.18. The fourth-order valence-electron chi connectivity index (χ4n) is 1.16. The number of carbonyl (C=O) groups is 2. The van der Waals surface area contributed by atoms with Crippen molar-refractivity contribution in [1.29, 1.82) is 0 Å². The summed E-state index contributed by atoms with van der Waals surface area (Å²) in [5.41, 5.74) is -1.34. The Hall–Kier alpha value is -1.10. The summed E-state index contributed by atoms with van der Waals surface area (Å²) < 4.78 is 0. The van der Waals surface area contributed by atoms with Crippen molar-refractivity contribution >= 4 is 11.9 Å². The van der Waals surface area contributed by atoms with Gasteiger partial charge in [0, 0.05) is 13.6 Å². The van der Waals surface area contributed by atoms with Crippen molar-refractivity contribution in [3.63, 3.8) is 0 Å². The zero-order chi connectivity index (χ0) is 12.1. The van der Waals surface area contributed by atoms with Gasteiger partial charge in [0.05, 0.1) is 0 Å². The molecule has 88 valence electrons. The highest BCUT2D eigenvalue weighted by Gasteiger charge is 2.37. The van der Waals surface area contributed by atoms with Gasteiger partial charge >= 0.3 is 5.97 Å². The largest absolute Gasteiger partial charge is 0.480 e. The normalized spacial score (nSPS) is 11.2. The van der Waals surface area contributed by atoms with Gasteiger partial charge < -0.3 is 15.3 Å². The summed E-state index contributed by atoms with van der Waals surface area (Å²) in [5, 5.41) is 11.8. The number of hydrogen-bond donors (Lipinski definition) is 2. The van der Waals surface area contributed by atoms with Gasteiger partial charge in [-0.05, 0) is 33.9 Å². The van der Waals surface area contributed by atoms with Crippen LogP contribution in [0.1, 0.15) is 20.3 Å². The van der Waals surface area contributed by atoms with Gasteiger partial charge in [0.25, 0.3) is 0 Å². The predicted molar refractivity (Wildman–Crippen MR) is 57.6 cm³/mol.